The lowest BCUT2D eigenvalue weighted by atomic mass is 10.2. The Morgan fingerprint density at radius 1 is 1.42 bits per heavy atom. The zero-order chi connectivity index (χ0) is 13.8. The molecule has 1 fully saturated rings. The van der Waals surface area contributed by atoms with Crippen LogP contribution in [0.4, 0.5) is 5.82 Å². The van der Waals surface area contributed by atoms with Gasteiger partial charge in [-0.3, -0.25) is 4.90 Å². The number of anilines is 1. The zero-order valence-corrected chi connectivity index (χ0v) is 12.7. The lowest BCUT2D eigenvalue weighted by Crippen LogP contribution is -2.49. The molecule has 5 heteroatoms. The molecule has 1 aliphatic rings. The van der Waals surface area contributed by atoms with Crippen LogP contribution in [0.1, 0.15) is 19.5 Å². The van der Waals surface area contributed by atoms with E-state index in [1.54, 1.807) is 0 Å². The van der Waals surface area contributed by atoms with Gasteiger partial charge in [-0.15, -0.1) is 0 Å². The van der Waals surface area contributed by atoms with E-state index >= 15 is 0 Å². The third kappa shape index (κ3) is 3.81. The maximum Gasteiger partial charge on any atom is 0.126 e. The molecule has 0 bridgehead atoms. The van der Waals surface area contributed by atoms with Crippen LogP contribution in [0, 0.1) is 0 Å². The molecule has 2 rings (SSSR count). The quantitative estimate of drug-likeness (QED) is 0.918. The second-order valence-corrected chi connectivity index (χ2v) is 5.63. The standard InChI is InChI=1S/C14H23ClN4/c1-4-16-14-6-5-12(15)13(17-14)10-19-8-7-18(3)11(2)9-19/h5-6,11H,4,7-10H2,1-3H3,(H,16,17). The van der Waals surface area contributed by atoms with E-state index in [0.29, 0.717) is 6.04 Å². The second kappa shape index (κ2) is 6.55. The van der Waals surface area contributed by atoms with Crippen molar-refractivity contribution >= 4 is 17.4 Å². The van der Waals surface area contributed by atoms with Gasteiger partial charge in [0.1, 0.15) is 5.82 Å². The van der Waals surface area contributed by atoms with Crippen molar-refractivity contribution in [2.45, 2.75) is 26.4 Å². The molecule has 1 aromatic rings. The Balaban J connectivity index is 2.04. The molecule has 0 spiro atoms. The predicted octanol–water partition coefficient (Wildman–Crippen LogP) is 2.30. The van der Waals surface area contributed by atoms with Crippen molar-refractivity contribution < 1.29 is 0 Å². The molecule has 1 unspecified atom stereocenters. The van der Waals surface area contributed by atoms with Gasteiger partial charge in [0, 0.05) is 38.8 Å². The van der Waals surface area contributed by atoms with E-state index in [1.165, 1.54) is 0 Å². The summed E-state index contributed by atoms with van der Waals surface area (Å²) in [6, 6.07) is 4.45. The number of nitrogens with one attached hydrogen (secondary N) is 1. The monoisotopic (exact) mass is 282 g/mol. The Labute approximate surface area is 120 Å². The number of halogens is 1. The van der Waals surface area contributed by atoms with E-state index in [4.69, 9.17) is 11.6 Å². The third-order valence-electron chi connectivity index (χ3n) is 3.69. The van der Waals surface area contributed by atoms with Gasteiger partial charge >= 0.3 is 0 Å². The van der Waals surface area contributed by atoms with Crippen molar-refractivity contribution in [3.63, 3.8) is 0 Å². The summed E-state index contributed by atoms with van der Waals surface area (Å²) in [5.74, 6) is 0.907. The Bertz CT molecular complexity index is 424. The highest BCUT2D eigenvalue weighted by Gasteiger charge is 2.21. The van der Waals surface area contributed by atoms with Crippen molar-refractivity contribution in [2.24, 2.45) is 0 Å². The Hall–Kier alpha value is -0.840. The SMILES string of the molecule is CCNc1ccc(Cl)c(CN2CCN(C)C(C)C2)n1. The van der Waals surface area contributed by atoms with Gasteiger partial charge in [0.15, 0.2) is 0 Å². The number of hydrogen-bond donors (Lipinski definition) is 1. The van der Waals surface area contributed by atoms with Crippen LogP contribution >= 0.6 is 11.6 Å². The minimum absolute atomic E-state index is 0.587. The predicted molar refractivity (Wildman–Crippen MR) is 80.8 cm³/mol. The summed E-state index contributed by atoms with van der Waals surface area (Å²) in [4.78, 5) is 9.42. The van der Waals surface area contributed by atoms with Crippen molar-refractivity contribution in [1.82, 2.24) is 14.8 Å². The molecular weight excluding hydrogens is 260 g/mol. The van der Waals surface area contributed by atoms with Crippen LogP contribution in [0.25, 0.3) is 0 Å². The zero-order valence-electron chi connectivity index (χ0n) is 12.0. The van der Waals surface area contributed by atoms with E-state index in [9.17, 15) is 0 Å². The lowest BCUT2D eigenvalue weighted by Gasteiger charge is -2.37. The molecule has 0 radical (unpaired) electrons. The highest BCUT2D eigenvalue weighted by Crippen LogP contribution is 2.19. The first-order chi connectivity index (χ1) is 9.10. The number of likely N-dealkylation sites (N-methyl/N-ethyl adjacent to an activating group) is 1. The van der Waals surface area contributed by atoms with Gasteiger partial charge in [-0.2, -0.15) is 0 Å². The number of pyridine rings is 1. The van der Waals surface area contributed by atoms with E-state index in [2.05, 4.69) is 41.0 Å². The smallest absolute Gasteiger partial charge is 0.126 e. The first kappa shape index (κ1) is 14.6. The van der Waals surface area contributed by atoms with E-state index in [-0.39, 0.29) is 0 Å². The van der Waals surface area contributed by atoms with Gasteiger partial charge < -0.3 is 10.2 Å². The molecule has 0 amide bonds. The fraction of sp³-hybridized carbons (Fsp3) is 0.643. The van der Waals surface area contributed by atoms with Crippen LogP contribution in [0.5, 0.6) is 0 Å². The average Bonchev–Trinajstić information content (AvgIpc) is 2.38. The number of nitrogens with zero attached hydrogens (tertiary/aromatic N) is 3. The molecule has 1 atom stereocenters. The summed E-state index contributed by atoms with van der Waals surface area (Å²) < 4.78 is 0. The largest absolute Gasteiger partial charge is 0.370 e. The van der Waals surface area contributed by atoms with Crippen LogP contribution in [-0.2, 0) is 6.54 Å². The fourth-order valence-corrected chi connectivity index (χ4v) is 2.52. The third-order valence-corrected chi connectivity index (χ3v) is 4.04. The molecule has 0 saturated carbocycles. The summed E-state index contributed by atoms with van der Waals surface area (Å²) >= 11 is 6.25. The van der Waals surface area contributed by atoms with Gasteiger partial charge in [-0.05, 0) is 33.0 Å². The molecule has 1 aliphatic heterocycles. The summed E-state index contributed by atoms with van der Waals surface area (Å²) in [5, 5.41) is 3.99. The highest BCUT2D eigenvalue weighted by atomic mass is 35.5. The maximum absolute atomic E-state index is 6.25. The fourth-order valence-electron chi connectivity index (χ4n) is 2.35. The normalized spacial score (nSPS) is 21.6. The summed E-state index contributed by atoms with van der Waals surface area (Å²) in [6.45, 7) is 9.28. The van der Waals surface area contributed by atoms with Gasteiger partial charge in [-0.25, -0.2) is 4.98 Å². The number of hydrogen-bond acceptors (Lipinski definition) is 4. The Morgan fingerprint density at radius 2 is 2.21 bits per heavy atom. The van der Waals surface area contributed by atoms with Crippen LogP contribution in [0.3, 0.4) is 0 Å². The summed E-state index contributed by atoms with van der Waals surface area (Å²) in [5.41, 5.74) is 0.969. The van der Waals surface area contributed by atoms with Crippen LogP contribution in [0.15, 0.2) is 12.1 Å². The molecule has 1 saturated heterocycles. The van der Waals surface area contributed by atoms with Crippen molar-refractivity contribution in [1.29, 1.82) is 0 Å². The van der Waals surface area contributed by atoms with Crippen LogP contribution < -0.4 is 5.32 Å². The Morgan fingerprint density at radius 3 is 2.89 bits per heavy atom. The van der Waals surface area contributed by atoms with Crippen molar-refractivity contribution in [2.75, 3.05) is 38.5 Å². The molecular formula is C14H23ClN4. The molecule has 4 nitrogen and oxygen atoms in total. The average molecular weight is 283 g/mol. The molecule has 1 aromatic heterocycles. The number of rotatable bonds is 4. The number of piperazine rings is 1. The molecule has 1 N–H and O–H groups in total. The topological polar surface area (TPSA) is 31.4 Å². The van der Waals surface area contributed by atoms with E-state index in [1.807, 2.05) is 12.1 Å². The summed E-state index contributed by atoms with van der Waals surface area (Å²) in [6.07, 6.45) is 0. The molecule has 2 heterocycles. The first-order valence-electron chi connectivity index (χ1n) is 6.92. The minimum atomic E-state index is 0.587. The van der Waals surface area contributed by atoms with Crippen molar-refractivity contribution in [3.05, 3.63) is 22.8 Å². The van der Waals surface area contributed by atoms with Gasteiger partial charge in [-0.1, -0.05) is 11.6 Å². The van der Waals surface area contributed by atoms with Crippen molar-refractivity contribution in [3.8, 4) is 0 Å². The molecule has 19 heavy (non-hydrogen) atoms. The van der Waals surface area contributed by atoms with E-state index in [0.717, 1.165) is 49.3 Å². The second-order valence-electron chi connectivity index (χ2n) is 5.22. The van der Waals surface area contributed by atoms with Crippen LogP contribution in [-0.4, -0.2) is 54.1 Å². The molecule has 0 aromatic carbocycles. The van der Waals surface area contributed by atoms with Gasteiger partial charge in [0.25, 0.3) is 0 Å². The van der Waals surface area contributed by atoms with Crippen LogP contribution in [0.2, 0.25) is 5.02 Å². The molecule has 0 aliphatic carbocycles. The lowest BCUT2D eigenvalue weighted by molar-refractivity contribution is 0.0991. The highest BCUT2D eigenvalue weighted by molar-refractivity contribution is 6.31. The number of aromatic nitrogens is 1. The van der Waals surface area contributed by atoms with Gasteiger partial charge in [0.05, 0.1) is 10.7 Å². The van der Waals surface area contributed by atoms with Gasteiger partial charge in [0.2, 0.25) is 0 Å². The first-order valence-corrected chi connectivity index (χ1v) is 7.29. The maximum atomic E-state index is 6.25. The molecule has 106 valence electrons. The minimum Gasteiger partial charge on any atom is -0.370 e. The van der Waals surface area contributed by atoms with E-state index < -0.39 is 0 Å². The Kier molecular flexibility index (Phi) is 5.02. The summed E-state index contributed by atoms with van der Waals surface area (Å²) in [7, 11) is 2.18.